The van der Waals surface area contributed by atoms with E-state index >= 15 is 0 Å². The first-order valence-corrected chi connectivity index (χ1v) is 6.60. The molecule has 0 atom stereocenters. The summed E-state index contributed by atoms with van der Waals surface area (Å²) in [5.41, 5.74) is 0.953. The van der Waals surface area contributed by atoms with Gasteiger partial charge in [-0.3, -0.25) is 4.79 Å². The maximum atomic E-state index is 12.0. The van der Waals surface area contributed by atoms with Gasteiger partial charge in [-0.1, -0.05) is 23.7 Å². The molecule has 1 heterocycles. The third-order valence-corrected chi connectivity index (χ3v) is 2.96. The molecule has 0 saturated heterocycles. The van der Waals surface area contributed by atoms with Gasteiger partial charge in [0.2, 0.25) is 5.91 Å². The highest BCUT2D eigenvalue weighted by Gasteiger charge is 2.09. The lowest BCUT2D eigenvalue weighted by Crippen LogP contribution is -2.30. The van der Waals surface area contributed by atoms with Crippen LogP contribution in [0.5, 0.6) is 0 Å². The van der Waals surface area contributed by atoms with E-state index in [2.05, 4.69) is 10.3 Å². The zero-order chi connectivity index (χ0) is 15.2. The third-order valence-electron chi connectivity index (χ3n) is 2.73. The van der Waals surface area contributed by atoms with Crippen molar-refractivity contribution in [2.45, 2.75) is 0 Å². The van der Waals surface area contributed by atoms with Crippen LogP contribution in [-0.4, -0.2) is 24.5 Å². The van der Waals surface area contributed by atoms with E-state index < -0.39 is 0 Å². The minimum absolute atomic E-state index is 0.119. The van der Waals surface area contributed by atoms with Crippen LogP contribution in [0.2, 0.25) is 5.02 Å². The lowest BCUT2D eigenvalue weighted by Gasteiger charge is -2.17. The van der Waals surface area contributed by atoms with Gasteiger partial charge in [-0.2, -0.15) is 5.26 Å². The second-order valence-corrected chi connectivity index (χ2v) is 4.84. The Bertz CT molecular complexity index is 696. The van der Waals surface area contributed by atoms with Crippen molar-refractivity contribution in [3.8, 4) is 6.07 Å². The molecule has 2 aromatic rings. The number of anilines is 2. The molecule has 0 fully saturated rings. The predicted octanol–water partition coefficient (Wildman–Crippen LogP) is 2.68. The van der Waals surface area contributed by atoms with Crippen molar-refractivity contribution in [2.75, 3.05) is 23.8 Å². The molecule has 0 radical (unpaired) electrons. The lowest BCUT2D eigenvalue weighted by molar-refractivity contribution is -0.114. The molecule has 5 nitrogen and oxygen atoms in total. The van der Waals surface area contributed by atoms with Gasteiger partial charge in [0.05, 0.1) is 6.54 Å². The van der Waals surface area contributed by atoms with Crippen LogP contribution in [0.4, 0.5) is 11.5 Å². The van der Waals surface area contributed by atoms with Crippen LogP contribution in [0, 0.1) is 11.3 Å². The van der Waals surface area contributed by atoms with Gasteiger partial charge in [0.1, 0.15) is 17.6 Å². The number of pyridine rings is 1. The number of hydrogen-bond donors (Lipinski definition) is 1. The van der Waals surface area contributed by atoms with Crippen LogP contribution in [0.25, 0.3) is 0 Å². The van der Waals surface area contributed by atoms with Crippen molar-refractivity contribution in [3.63, 3.8) is 0 Å². The molecule has 0 aliphatic carbocycles. The zero-order valence-corrected chi connectivity index (χ0v) is 12.1. The molecule has 0 unspecified atom stereocenters. The van der Waals surface area contributed by atoms with E-state index in [1.807, 2.05) is 6.07 Å². The van der Waals surface area contributed by atoms with Crippen LogP contribution < -0.4 is 10.2 Å². The molecular weight excluding hydrogens is 288 g/mol. The van der Waals surface area contributed by atoms with Crippen molar-refractivity contribution in [3.05, 3.63) is 53.2 Å². The first-order chi connectivity index (χ1) is 10.1. The van der Waals surface area contributed by atoms with Crippen molar-refractivity contribution >= 4 is 29.0 Å². The Morgan fingerprint density at radius 3 is 2.86 bits per heavy atom. The summed E-state index contributed by atoms with van der Waals surface area (Å²) in [4.78, 5) is 17.8. The van der Waals surface area contributed by atoms with Gasteiger partial charge in [-0.15, -0.1) is 0 Å². The number of hydrogen-bond acceptors (Lipinski definition) is 4. The number of benzene rings is 1. The van der Waals surface area contributed by atoms with Crippen LogP contribution in [0.3, 0.4) is 0 Å². The predicted molar refractivity (Wildman–Crippen MR) is 82.3 cm³/mol. The number of rotatable bonds is 4. The zero-order valence-electron chi connectivity index (χ0n) is 11.4. The van der Waals surface area contributed by atoms with Crippen LogP contribution >= 0.6 is 11.6 Å². The molecule has 21 heavy (non-hydrogen) atoms. The van der Waals surface area contributed by atoms with Gasteiger partial charge in [0.15, 0.2) is 0 Å². The Morgan fingerprint density at radius 1 is 1.38 bits per heavy atom. The fourth-order valence-electron chi connectivity index (χ4n) is 1.76. The van der Waals surface area contributed by atoms with Crippen LogP contribution in [-0.2, 0) is 4.79 Å². The van der Waals surface area contributed by atoms with Gasteiger partial charge in [-0.05, 0) is 30.3 Å². The van der Waals surface area contributed by atoms with Crippen LogP contribution in [0.1, 0.15) is 5.69 Å². The van der Waals surface area contributed by atoms with Gasteiger partial charge >= 0.3 is 0 Å². The molecule has 1 aromatic heterocycles. The Hall–Kier alpha value is -2.58. The van der Waals surface area contributed by atoms with Gasteiger partial charge in [0, 0.05) is 17.8 Å². The quantitative estimate of drug-likeness (QED) is 0.942. The largest absolute Gasteiger partial charge is 0.350 e. The van der Waals surface area contributed by atoms with Gasteiger partial charge < -0.3 is 10.2 Å². The molecule has 1 aromatic carbocycles. The standard InChI is InChI=1S/C15H13ClN4O/c1-20(14-7-3-6-13(9-17)18-14)10-15(21)19-12-5-2-4-11(16)8-12/h2-8H,10H2,1H3,(H,19,21). The molecule has 6 heteroatoms. The topological polar surface area (TPSA) is 69.0 Å². The number of nitrogens with one attached hydrogen (secondary N) is 1. The highest BCUT2D eigenvalue weighted by atomic mass is 35.5. The summed E-state index contributed by atoms with van der Waals surface area (Å²) in [6.07, 6.45) is 0. The highest BCUT2D eigenvalue weighted by Crippen LogP contribution is 2.15. The first kappa shape index (κ1) is 14.8. The molecule has 0 saturated carbocycles. The molecule has 106 valence electrons. The summed E-state index contributed by atoms with van der Waals surface area (Å²) in [5.74, 6) is 0.374. The SMILES string of the molecule is CN(CC(=O)Nc1cccc(Cl)c1)c1cccc(C#N)n1. The summed E-state index contributed by atoms with van der Waals surface area (Å²) in [6, 6.07) is 14.0. The molecule has 0 aliphatic rings. The van der Waals surface area contributed by atoms with Crippen molar-refractivity contribution in [2.24, 2.45) is 0 Å². The molecule has 0 aliphatic heterocycles. The highest BCUT2D eigenvalue weighted by molar-refractivity contribution is 6.30. The number of nitriles is 1. The number of carbonyl (C=O) groups is 1. The monoisotopic (exact) mass is 300 g/mol. The van der Waals surface area contributed by atoms with Crippen molar-refractivity contribution < 1.29 is 4.79 Å². The number of aromatic nitrogens is 1. The molecule has 2 rings (SSSR count). The summed E-state index contributed by atoms with van der Waals surface area (Å²) in [5, 5.41) is 12.1. The number of amides is 1. The van der Waals surface area contributed by atoms with Crippen molar-refractivity contribution in [1.29, 1.82) is 5.26 Å². The fourth-order valence-corrected chi connectivity index (χ4v) is 1.95. The second-order valence-electron chi connectivity index (χ2n) is 4.41. The first-order valence-electron chi connectivity index (χ1n) is 6.22. The maximum absolute atomic E-state index is 12.0. The van der Waals surface area contributed by atoms with Crippen molar-refractivity contribution in [1.82, 2.24) is 4.98 Å². The molecule has 0 bridgehead atoms. The fraction of sp³-hybridized carbons (Fsp3) is 0.133. The van der Waals surface area contributed by atoms with E-state index in [9.17, 15) is 4.79 Å². The minimum atomic E-state index is -0.191. The van der Waals surface area contributed by atoms with Gasteiger partial charge in [0.25, 0.3) is 0 Å². The summed E-state index contributed by atoms with van der Waals surface area (Å²) in [6.45, 7) is 0.119. The minimum Gasteiger partial charge on any atom is -0.350 e. The van der Waals surface area contributed by atoms with Crippen LogP contribution in [0.15, 0.2) is 42.5 Å². The van der Waals surface area contributed by atoms with E-state index in [1.54, 1.807) is 54.4 Å². The summed E-state index contributed by atoms with van der Waals surface area (Å²) >= 11 is 5.86. The Balaban J connectivity index is 2.00. The number of halogens is 1. The Labute approximate surface area is 127 Å². The van der Waals surface area contributed by atoms with E-state index in [0.29, 0.717) is 22.2 Å². The molecule has 1 amide bonds. The third kappa shape index (κ3) is 4.20. The average Bonchev–Trinajstić information content (AvgIpc) is 2.47. The molecular formula is C15H13ClN4O. The number of likely N-dealkylation sites (N-methyl/N-ethyl adjacent to an activating group) is 1. The van der Waals surface area contributed by atoms with E-state index in [4.69, 9.17) is 16.9 Å². The summed E-state index contributed by atoms with van der Waals surface area (Å²) < 4.78 is 0. The van der Waals surface area contributed by atoms with E-state index in [0.717, 1.165) is 0 Å². The molecule has 0 spiro atoms. The van der Waals surface area contributed by atoms with E-state index in [1.165, 1.54) is 0 Å². The number of nitrogens with zero attached hydrogens (tertiary/aromatic N) is 3. The van der Waals surface area contributed by atoms with Gasteiger partial charge in [-0.25, -0.2) is 4.98 Å². The smallest absolute Gasteiger partial charge is 0.243 e. The summed E-state index contributed by atoms with van der Waals surface area (Å²) in [7, 11) is 1.74. The molecule has 1 N–H and O–H groups in total. The maximum Gasteiger partial charge on any atom is 0.243 e. The normalized spacial score (nSPS) is 9.76. The average molecular weight is 301 g/mol. The second kappa shape index (κ2) is 6.73. The Morgan fingerprint density at radius 2 is 2.14 bits per heavy atom. The Kier molecular flexibility index (Phi) is 4.75. The lowest BCUT2D eigenvalue weighted by atomic mass is 10.3. The number of carbonyl (C=O) groups excluding carboxylic acids is 1. The van der Waals surface area contributed by atoms with E-state index in [-0.39, 0.29) is 12.5 Å².